The van der Waals surface area contributed by atoms with Crippen molar-refractivity contribution in [1.82, 2.24) is 20.5 Å². The fourth-order valence-corrected chi connectivity index (χ4v) is 5.59. The SMILES string of the molecule is CCCCNC(=O)[C@@H](NC(=O)[C@@H]1Cc2c([nH]c3ccccc23)[C@H]2c3ccccc3C(=O)N21)[C@H](C)CC. The molecule has 3 aromatic rings. The van der Waals surface area contributed by atoms with Gasteiger partial charge >= 0.3 is 0 Å². The molecule has 36 heavy (non-hydrogen) atoms. The van der Waals surface area contributed by atoms with Crippen LogP contribution in [0.5, 0.6) is 0 Å². The normalized spacial score (nSPS) is 19.9. The average Bonchev–Trinajstić information content (AvgIpc) is 3.42. The fourth-order valence-electron chi connectivity index (χ4n) is 5.59. The third-order valence-corrected chi connectivity index (χ3v) is 7.78. The van der Waals surface area contributed by atoms with Crippen LogP contribution in [0.25, 0.3) is 10.9 Å². The number of para-hydroxylation sites is 1. The molecule has 7 heteroatoms. The van der Waals surface area contributed by atoms with E-state index in [1.807, 2.05) is 56.3 Å². The summed E-state index contributed by atoms with van der Waals surface area (Å²) in [5, 5.41) is 7.08. The van der Waals surface area contributed by atoms with E-state index in [-0.39, 0.29) is 29.7 Å². The summed E-state index contributed by atoms with van der Waals surface area (Å²) in [7, 11) is 0. The lowest BCUT2D eigenvalue weighted by molar-refractivity contribution is -0.133. The van der Waals surface area contributed by atoms with Gasteiger partial charge in [-0.1, -0.05) is 70.0 Å². The summed E-state index contributed by atoms with van der Waals surface area (Å²) in [5.41, 5.74) is 4.55. The van der Waals surface area contributed by atoms with Crippen LogP contribution in [0.4, 0.5) is 0 Å². The molecule has 0 aliphatic carbocycles. The number of hydrogen-bond acceptors (Lipinski definition) is 3. The maximum Gasteiger partial charge on any atom is 0.255 e. The van der Waals surface area contributed by atoms with E-state index in [2.05, 4.69) is 28.6 Å². The first kappa shape index (κ1) is 24.1. The Labute approximate surface area is 211 Å². The Kier molecular flexibility index (Phi) is 6.56. The van der Waals surface area contributed by atoms with Gasteiger partial charge in [0.15, 0.2) is 0 Å². The Morgan fingerprint density at radius 3 is 2.64 bits per heavy atom. The van der Waals surface area contributed by atoms with Gasteiger partial charge in [-0.25, -0.2) is 0 Å². The second kappa shape index (κ2) is 9.80. The van der Waals surface area contributed by atoms with Gasteiger partial charge in [0.1, 0.15) is 12.1 Å². The minimum atomic E-state index is -0.711. The first-order valence-corrected chi connectivity index (χ1v) is 13.0. The number of nitrogens with one attached hydrogen (secondary N) is 3. The predicted molar refractivity (Wildman–Crippen MR) is 140 cm³/mol. The van der Waals surface area contributed by atoms with Crippen molar-refractivity contribution in [2.75, 3.05) is 6.54 Å². The van der Waals surface area contributed by atoms with E-state index < -0.39 is 12.1 Å². The van der Waals surface area contributed by atoms with Crippen LogP contribution in [0.15, 0.2) is 48.5 Å². The second-order valence-corrected chi connectivity index (χ2v) is 10.0. The number of carbonyl (C=O) groups is 3. The van der Waals surface area contributed by atoms with Gasteiger partial charge in [-0.3, -0.25) is 14.4 Å². The lowest BCUT2D eigenvalue weighted by Gasteiger charge is -2.38. The molecule has 0 unspecified atom stereocenters. The van der Waals surface area contributed by atoms with Crippen molar-refractivity contribution in [2.45, 2.75) is 64.6 Å². The summed E-state index contributed by atoms with van der Waals surface area (Å²) in [5.74, 6) is -0.631. The maximum absolute atomic E-state index is 13.9. The number of carbonyl (C=O) groups excluding carboxylic acids is 3. The van der Waals surface area contributed by atoms with Gasteiger partial charge in [-0.15, -0.1) is 0 Å². The Morgan fingerprint density at radius 2 is 1.86 bits per heavy atom. The Balaban J connectivity index is 1.52. The highest BCUT2D eigenvalue weighted by molar-refractivity contribution is 6.04. The van der Waals surface area contributed by atoms with Crippen molar-refractivity contribution < 1.29 is 14.4 Å². The van der Waals surface area contributed by atoms with Crippen molar-refractivity contribution in [3.63, 3.8) is 0 Å². The molecule has 2 aliphatic rings. The van der Waals surface area contributed by atoms with Crippen molar-refractivity contribution in [2.24, 2.45) is 5.92 Å². The molecule has 2 aliphatic heterocycles. The molecular weight excluding hydrogens is 452 g/mol. The lowest BCUT2D eigenvalue weighted by atomic mass is 9.89. The minimum absolute atomic E-state index is 0.0370. The van der Waals surface area contributed by atoms with Crippen LogP contribution in [0.2, 0.25) is 0 Å². The molecule has 1 aromatic heterocycles. The number of amides is 3. The van der Waals surface area contributed by atoms with Crippen LogP contribution < -0.4 is 10.6 Å². The molecular formula is C29H34N4O3. The van der Waals surface area contributed by atoms with Crippen LogP contribution >= 0.6 is 0 Å². The molecule has 3 amide bonds. The number of unbranched alkanes of at least 4 members (excludes halogenated alkanes) is 1. The number of hydrogen-bond donors (Lipinski definition) is 3. The van der Waals surface area contributed by atoms with Crippen molar-refractivity contribution >= 4 is 28.6 Å². The molecule has 0 saturated heterocycles. The smallest absolute Gasteiger partial charge is 0.255 e. The van der Waals surface area contributed by atoms with Crippen molar-refractivity contribution in [3.05, 3.63) is 70.9 Å². The Hall–Kier alpha value is -3.61. The van der Waals surface area contributed by atoms with E-state index in [4.69, 9.17) is 0 Å². The zero-order valence-corrected chi connectivity index (χ0v) is 21.1. The monoisotopic (exact) mass is 486 g/mol. The number of rotatable bonds is 8. The van der Waals surface area contributed by atoms with E-state index in [1.165, 1.54) is 0 Å². The van der Waals surface area contributed by atoms with Crippen molar-refractivity contribution in [3.8, 4) is 0 Å². The zero-order valence-electron chi connectivity index (χ0n) is 21.1. The average molecular weight is 487 g/mol. The summed E-state index contributed by atoms with van der Waals surface area (Å²) in [4.78, 5) is 45.8. The molecule has 3 heterocycles. The van der Waals surface area contributed by atoms with Gasteiger partial charge in [0.2, 0.25) is 11.8 Å². The van der Waals surface area contributed by atoms with Gasteiger partial charge in [0.25, 0.3) is 5.91 Å². The lowest BCUT2D eigenvalue weighted by Crippen LogP contribution is -2.58. The van der Waals surface area contributed by atoms with E-state index in [9.17, 15) is 14.4 Å². The summed E-state index contributed by atoms with van der Waals surface area (Å²) in [6.45, 7) is 6.65. The van der Waals surface area contributed by atoms with Crippen LogP contribution in [-0.2, 0) is 16.0 Å². The van der Waals surface area contributed by atoms with Gasteiger partial charge < -0.3 is 20.5 Å². The first-order valence-electron chi connectivity index (χ1n) is 13.0. The van der Waals surface area contributed by atoms with Crippen LogP contribution in [-0.4, -0.2) is 46.2 Å². The number of fused-ring (bicyclic) bond motifs is 7. The maximum atomic E-state index is 13.9. The highest BCUT2D eigenvalue weighted by Crippen LogP contribution is 2.46. The molecule has 4 atom stereocenters. The first-order chi connectivity index (χ1) is 17.5. The van der Waals surface area contributed by atoms with E-state index in [0.29, 0.717) is 18.5 Å². The Morgan fingerprint density at radius 1 is 1.11 bits per heavy atom. The largest absolute Gasteiger partial charge is 0.356 e. The van der Waals surface area contributed by atoms with Gasteiger partial charge in [0, 0.05) is 35.1 Å². The number of benzene rings is 2. The third-order valence-electron chi connectivity index (χ3n) is 7.78. The molecule has 2 aromatic carbocycles. The second-order valence-electron chi connectivity index (χ2n) is 10.0. The fraction of sp³-hybridized carbons (Fsp3) is 0.414. The number of aromatic nitrogens is 1. The van der Waals surface area contributed by atoms with E-state index in [1.54, 1.807) is 4.90 Å². The van der Waals surface area contributed by atoms with Crippen molar-refractivity contribution in [1.29, 1.82) is 0 Å². The molecule has 5 rings (SSSR count). The third kappa shape index (κ3) is 3.96. The molecule has 0 bridgehead atoms. The minimum Gasteiger partial charge on any atom is -0.356 e. The molecule has 0 radical (unpaired) electrons. The molecule has 0 fully saturated rings. The van der Waals surface area contributed by atoms with Crippen LogP contribution in [0.3, 0.4) is 0 Å². The molecule has 3 N–H and O–H groups in total. The van der Waals surface area contributed by atoms with Crippen LogP contribution in [0, 0.1) is 5.92 Å². The van der Waals surface area contributed by atoms with E-state index >= 15 is 0 Å². The predicted octanol–water partition coefficient (Wildman–Crippen LogP) is 4.09. The summed E-state index contributed by atoms with van der Waals surface area (Å²) in [6.07, 6.45) is 3.02. The molecule has 7 nitrogen and oxygen atoms in total. The highest BCUT2D eigenvalue weighted by Gasteiger charge is 2.49. The summed E-state index contributed by atoms with van der Waals surface area (Å²) in [6, 6.07) is 13.9. The van der Waals surface area contributed by atoms with E-state index in [0.717, 1.165) is 47.0 Å². The topological polar surface area (TPSA) is 94.3 Å². The summed E-state index contributed by atoms with van der Waals surface area (Å²) < 4.78 is 0. The van der Waals surface area contributed by atoms with Crippen LogP contribution in [0.1, 0.15) is 73.3 Å². The standard InChI is InChI=1S/C29H34N4O3/c1-4-6-15-30-28(35)24(17(3)5-2)32-27(34)23-16-21-18-11-9-10-14-22(18)31-25(21)26-19-12-7-8-13-20(19)29(36)33(23)26/h7-14,17,23-24,26,31H,4-6,15-16H2,1-3H3,(H,30,35)(H,32,34)/t17-,23+,24+,26-/m1/s1. The quantitative estimate of drug-likeness (QED) is 0.419. The van der Waals surface area contributed by atoms with Gasteiger partial charge in [-0.2, -0.15) is 0 Å². The molecule has 188 valence electrons. The summed E-state index contributed by atoms with van der Waals surface area (Å²) >= 11 is 0. The molecule has 0 saturated carbocycles. The molecule has 0 spiro atoms. The Bertz CT molecular complexity index is 1310. The number of aromatic amines is 1. The van der Waals surface area contributed by atoms with Gasteiger partial charge in [0.05, 0.1) is 6.04 Å². The number of H-pyrrole nitrogens is 1. The zero-order chi connectivity index (χ0) is 25.4. The number of nitrogens with zero attached hydrogens (tertiary/aromatic N) is 1. The highest BCUT2D eigenvalue weighted by atomic mass is 16.2. The van der Waals surface area contributed by atoms with Gasteiger partial charge in [-0.05, 0) is 35.6 Å².